The van der Waals surface area contributed by atoms with E-state index in [1.807, 2.05) is 0 Å². The number of halogens is 3. The van der Waals surface area contributed by atoms with Gasteiger partial charge in [-0.05, 0) is 34.2 Å². The summed E-state index contributed by atoms with van der Waals surface area (Å²) in [6.45, 7) is 6.69. The minimum atomic E-state index is 0.0166. The largest absolute Gasteiger partial charge is 0.364 e. The van der Waals surface area contributed by atoms with E-state index in [4.69, 9.17) is 4.74 Å². The minimum Gasteiger partial charge on any atom is -0.364 e. The first kappa shape index (κ1) is 20.2. The standard InChI is InChI=1S/C20H23Br3O/c1-20(2,3)16-8-4-14(5-9-16)18(12-21)24-19(13-22)15-6-10-17(23)11-7-15/h4-11,18-19H,12-13H2,1-3H3. The maximum Gasteiger partial charge on any atom is 0.0930 e. The molecule has 0 amide bonds. The molecule has 4 heteroatoms. The highest BCUT2D eigenvalue weighted by atomic mass is 79.9. The van der Waals surface area contributed by atoms with Crippen LogP contribution in [0.4, 0.5) is 0 Å². The van der Waals surface area contributed by atoms with Gasteiger partial charge < -0.3 is 4.74 Å². The lowest BCUT2D eigenvalue weighted by molar-refractivity contribution is 0.0128. The molecule has 0 N–H and O–H groups in total. The second kappa shape index (κ2) is 8.98. The van der Waals surface area contributed by atoms with Crippen LogP contribution >= 0.6 is 47.8 Å². The lowest BCUT2D eigenvalue weighted by Crippen LogP contribution is -2.14. The van der Waals surface area contributed by atoms with Gasteiger partial charge in [-0.25, -0.2) is 0 Å². The van der Waals surface area contributed by atoms with Crippen molar-refractivity contribution >= 4 is 47.8 Å². The van der Waals surface area contributed by atoms with Crippen molar-refractivity contribution < 1.29 is 4.74 Å². The molecule has 0 aliphatic rings. The van der Waals surface area contributed by atoms with Crippen molar-refractivity contribution in [3.63, 3.8) is 0 Å². The Hall–Kier alpha value is -0.160. The first-order valence-electron chi connectivity index (χ1n) is 7.98. The number of rotatable bonds is 6. The number of alkyl halides is 2. The van der Waals surface area contributed by atoms with E-state index in [2.05, 4.69) is 117 Å². The van der Waals surface area contributed by atoms with Gasteiger partial charge in [0.05, 0.1) is 12.2 Å². The molecular weight excluding hydrogens is 496 g/mol. The Morgan fingerprint density at radius 1 is 0.792 bits per heavy atom. The normalized spacial score (nSPS) is 14.4. The SMILES string of the molecule is CC(C)(C)c1ccc(C(CBr)OC(CBr)c2ccc(Br)cc2)cc1. The summed E-state index contributed by atoms with van der Waals surface area (Å²) in [5.41, 5.74) is 3.87. The van der Waals surface area contributed by atoms with Gasteiger partial charge in [-0.1, -0.05) is 105 Å². The molecule has 2 rings (SSSR count). The molecule has 0 aliphatic heterocycles. The van der Waals surface area contributed by atoms with E-state index in [-0.39, 0.29) is 17.6 Å². The van der Waals surface area contributed by atoms with Crippen molar-refractivity contribution in [1.82, 2.24) is 0 Å². The van der Waals surface area contributed by atoms with Crippen LogP contribution in [-0.4, -0.2) is 10.7 Å². The highest BCUT2D eigenvalue weighted by Crippen LogP contribution is 2.31. The number of benzene rings is 2. The molecule has 0 aliphatic carbocycles. The van der Waals surface area contributed by atoms with Crippen LogP contribution in [0.3, 0.4) is 0 Å². The Balaban J connectivity index is 2.16. The lowest BCUT2D eigenvalue weighted by Gasteiger charge is -2.24. The minimum absolute atomic E-state index is 0.0166. The number of ether oxygens (including phenoxy) is 1. The second-order valence-electron chi connectivity index (χ2n) is 6.85. The molecule has 0 radical (unpaired) electrons. The van der Waals surface area contributed by atoms with E-state index in [1.165, 1.54) is 16.7 Å². The third-order valence-corrected chi connectivity index (χ3v) is 5.70. The molecule has 0 fully saturated rings. The van der Waals surface area contributed by atoms with Crippen LogP contribution in [0, 0.1) is 0 Å². The number of hydrogen-bond donors (Lipinski definition) is 0. The quantitative estimate of drug-likeness (QED) is 0.364. The van der Waals surface area contributed by atoms with Gasteiger partial charge in [0.1, 0.15) is 0 Å². The van der Waals surface area contributed by atoms with Gasteiger partial charge in [-0.3, -0.25) is 0 Å². The van der Waals surface area contributed by atoms with Crippen LogP contribution in [0.25, 0.3) is 0 Å². The molecule has 1 nitrogen and oxygen atoms in total. The topological polar surface area (TPSA) is 9.23 Å². The fraction of sp³-hybridized carbons (Fsp3) is 0.400. The monoisotopic (exact) mass is 516 g/mol. The second-order valence-corrected chi connectivity index (χ2v) is 9.06. The fourth-order valence-electron chi connectivity index (χ4n) is 2.48. The zero-order valence-corrected chi connectivity index (χ0v) is 19.0. The van der Waals surface area contributed by atoms with Crippen molar-refractivity contribution in [2.75, 3.05) is 10.7 Å². The Bertz CT molecular complexity index is 629. The van der Waals surface area contributed by atoms with E-state index in [9.17, 15) is 0 Å². The van der Waals surface area contributed by atoms with Gasteiger partial charge in [0.2, 0.25) is 0 Å². The third-order valence-electron chi connectivity index (χ3n) is 4.00. The smallest absolute Gasteiger partial charge is 0.0930 e. The molecule has 0 saturated carbocycles. The highest BCUT2D eigenvalue weighted by molar-refractivity contribution is 9.10. The fourth-order valence-corrected chi connectivity index (χ4v) is 3.80. The van der Waals surface area contributed by atoms with E-state index in [0.29, 0.717) is 0 Å². The summed E-state index contributed by atoms with van der Waals surface area (Å²) in [6.07, 6.45) is 0.0353. The molecule has 2 unspecified atom stereocenters. The van der Waals surface area contributed by atoms with E-state index in [1.54, 1.807) is 0 Å². The predicted molar refractivity (Wildman–Crippen MR) is 113 cm³/mol. The third kappa shape index (κ3) is 5.42. The summed E-state index contributed by atoms with van der Waals surface area (Å²) in [5.74, 6) is 0. The summed E-state index contributed by atoms with van der Waals surface area (Å²) in [5, 5.41) is 1.53. The molecule has 130 valence electrons. The molecule has 0 spiro atoms. The Labute approximate surface area is 170 Å². The Kier molecular flexibility index (Phi) is 7.54. The maximum atomic E-state index is 6.38. The Morgan fingerprint density at radius 3 is 1.58 bits per heavy atom. The van der Waals surface area contributed by atoms with E-state index in [0.717, 1.165) is 15.1 Å². The van der Waals surface area contributed by atoms with Crippen molar-refractivity contribution in [3.05, 3.63) is 69.7 Å². The van der Waals surface area contributed by atoms with Gasteiger partial charge in [0.25, 0.3) is 0 Å². The highest BCUT2D eigenvalue weighted by Gasteiger charge is 2.20. The van der Waals surface area contributed by atoms with Crippen LogP contribution in [0.2, 0.25) is 0 Å². The van der Waals surface area contributed by atoms with Crippen LogP contribution in [-0.2, 0) is 10.2 Å². The summed E-state index contributed by atoms with van der Waals surface area (Å²) < 4.78 is 7.46. The summed E-state index contributed by atoms with van der Waals surface area (Å²) in [7, 11) is 0. The first-order chi connectivity index (χ1) is 11.3. The van der Waals surface area contributed by atoms with Crippen molar-refractivity contribution in [1.29, 1.82) is 0 Å². The lowest BCUT2D eigenvalue weighted by atomic mass is 9.86. The average molecular weight is 519 g/mol. The van der Waals surface area contributed by atoms with Gasteiger partial charge in [-0.15, -0.1) is 0 Å². The summed E-state index contributed by atoms with van der Waals surface area (Å²) >= 11 is 10.7. The van der Waals surface area contributed by atoms with Crippen LogP contribution in [0.1, 0.15) is 49.7 Å². The average Bonchev–Trinajstić information content (AvgIpc) is 2.56. The molecule has 0 bridgehead atoms. The zero-order chi connectivity index (χ0) is 17.7. The van der Waals surface area contributed by atoms with E-state index >= 15 is 0 Å². The molecule has 0 heterocycles. The van der Waals surface area contributed by atoms with Crippen LogP contribution in [0.15, 0.2) is 53.0 Å². The van der Waals surface area contributed by atoms with Gasteiger partial charge in [-0.2, -0.15) is 0 Å². The van der Waals surface area contributed by atoms with Crippen molar-refractivity contribution in [2.45, 2.75) is 38.4 Å². The summed E-state index contributed by atoms with van der Waals surface area (Å²) in [4.78, 5) is 0. The van der Waals surface area contributed by atoms with Crippen LogP contribution in [0.5, 0.6) is 0 Å². The predicted octanol–water partition coefficient (Wildman–Crippen LogP) is 7.34. The van der Waals surface area contributed by atoms with Gasteiger partial charge in [0.15, 0.2) is 0 Å². The van der Waals surface area contributed by atoms with Gasteiger partial charge >= 0.3 is 0 Å². The molecule has 24 heavy (non-hydrogen) atoms. The van der Waals surface area contributed by atoms with Gasteiger partial charge in [0, 0.05) is 15.1 Å². The molecule has 2 aromatic rings. The Morgan fingerprint density at radius 2 is 1.21 bits per heavy atom. The molecule has 2 aromatic carbocycles. The molecular formula is C20H23Br3O. The summed E-state index contributed by atoms with van der Waals surface area (Å²) in [6, 6.07) is 17.1. The van der Waals surface area contributed by atoms with E-state index < -0.39 is 0 Å². The van der Waals surface area contributed by atoms with Crippen molar-refractivity contribution in [2.24, 2.45) is 0 Å². The molecule has 0 saturated heterocycles. The maximum absolute atomic E-state index is 6.38. The number of hydrogen-bond acceptors (Lipinski definition) is 1. The molecule has 0 aromatic heterocycles. The van der Waals surface area contributed by atoms with Crippen LogP contribution < -0.4 is 0 Å². The zero-order valence-electron chi connectivity index (χ0n) is 14.2. The molecule has 2 atom stereocenters. The van der Waals surface area contributed by atoms with Crippen molar-refractivity contribution in [3.8, 4) is 0 Å². The first-order valence-corrected chi connectivity index (χ1v) is 11.0.